The van der Waals surface area contributed by atoms with Crippen LogP contribution in [0.4, 0.5) is 0 Å². The summed E-state index contributed by atoms with van der Waals surface area (Å²) >= 11 is 6.01. The summed E-state index contributed by atoms with van der Waals surface area (Å²) in [7, 11) is 0. The number of nitrogens with zero attached hydrogens (tertiary/aromatic N) is 2. The van der Waals surface area contributed by atoms with Gasteiger partial charge in [0.15, 0.2) is 0 Å². The highest BCUT2D eigenvalue weighted by Crippen LogP contribution is 2.32. The Bertz CT molecular complexity index is 1140. The monoisotopic (exact) mass is 391 g/mol. The van der Waals surface area contributed by atoms with E-state index in [1.807, 2.05) is 60.0 Å². The fourth-order valence-corrected chi connectivity index (χ4v) is 3.73. The number of carbonyl (C=O) groups excluding carboxylic acids is 1. The van der Waals surface area contributed by atoms with E-state index in [0.29, 0.717) is 35.9 Å². The Hall–Kier alpha value is -3.23. The lowest BCUT2D eigenvalue weighted by Gasteiger charge is -2.13. The minimum absolute atomic E-state index is 0.244. The summed E-state index contributed by atoms with van der Waals surface area (Å²) in [4.78, 5) is 13.1. The number of hydrogen-bond acceptors (Lipinski definition) is 3. The van der Waals surface area contributed by atoms with Gasteiger partial charge in [0.1, 0.15) is 11.8 Å². The van der Waals surface area contributed by atoms with Crippen molar-refractivity contribution in [2.45, 2.75) is 19.9 Å². The van der Waals surface area contributed by atoms with Gasteiger partial charge in [0.05, 0.1) is 12.2 Å². The van der Waals surface area contributed by atoms with E-state index in [-0.39, 0.29) is 11.8 Å². The molecule has 0 saturated carbocycles. The maximum atomic E-state index is 13.1. The quantitative estimate of drug-likeness (QED) is 0.716. The van der Waals surface area contributed by atoms with Gasteiger partial charge in [0.25, 0.3) is 5.91 Å². The predicted molar refractivity (Wildman–Crippen MR) is 108 cm³/mol. The third kappa shape index (κ3) is 3.12. The lowest BCUT2D eigenvalue weighted by Crippen LogP contribution is -2.27. The van der Waals surface area contributed by atoms with Crippen LogP contribution in [0.15, 0.2) is 60.0 Å². The molecule has 0 radical (unpaired) electrons. The van der Waals surface area contributed by atoms with Crippen LogP contribution in [0.2, 0.25) is 5.02 Å². The van der Waals surface area contributed by atoms with E-state index in [1.165, 1.54) is 0 Å². The number of amides is 1. The van der Waals surface area contributed by atoms with Crippen molar-refractivity contribution < 1.29 is 9.53 Å². The average molecular weight is 392 g/mol. The van der Waals surface area contributed by atoms with Gasteiger partial charge in [-0.05, 0) is 36.2 Å². The van der Waals surface area contributed by atoms with Gasteiger partial charge < -0.3 is 9.30 Å². The van der Waals surface area contributed by atoms with Gasteiger partial charge in [-0.25, -0.2) is 0 Å². The van der Waals surface area contributed by atoms with E-state index in [0.717, 1.165) is 22.0 Å². The van der Waals surface area contributed by atoms with Crippen LogP contribution in [0.25, 0.3) is 10.9 Å². The Morgan fingerprint density at radius 1 is 1.21 bits per heavy atom. The second-order valence-electron chi connectivity index (χ2n) is 6.54. The molecule has 0 aliphatic carbocycles. The highest BCUT2D eigenvalue weighted by atomic mass is 35.5. The van der Waals surface area contributed by atoms with E-state index >= 15 is 0 Å². The Labute approximate surface area is 167 Å². The first-order chi connectivity index (χ1) is 13.6. The van der Waals surface area contributed by atoms with Crippen molar-refractivity contribution in [2.24, 2.45) is 0 Å². The van der Waals surface area contributed by atoms with Crippen molar-refractivity contribution in [3.8, 4) is 6.07 Å². The molecule has 0 fully saturated rings. The number of nitriles is 1. The first kappa shape index (κ1) is 18.1. The smallest absolute Gasteiger partial charge is 0.274 e. The summed E-state index contributed by atoms with van der Waals surface area (Å²) < 4.78 is 7.52. The molecule has 3 aromatic rings. The lowest BCUT2D eigenvalue weighted by molar-refractivity contribution is 0.0915. The summed E-state index contributed by atoms with van der Waals surface area (Å²) in [5.74, 6) is -0.0258. The topological polar surface area (TPSA) is 67.0 Å². The molecule has 0 bridgehead atoms. The summed E-state index contributed by atoms with van der Waals surface area (Å²) in [5, 5.41) is 14.0. The van der Waals surface area contributed by atoms with Gasteiger partial charge in [-0.15, -0.1) is 0 Å². The zero-order valence-electron chi connectivity index (χ0n) is 15.3. The predicted octanol–water partition coefficient (Wildman–Crippen LogP) is 4.40. The Kier molecular flexibility index (Phi) is 4.81. The van der Waals surface area contributed by atoms with Gasteiger partial charge in [-0.3, -0.25) is 10.1 Å². The molecule has 140 valence electrons. The van der Waals surface area contributed by atoms with Crippen molar-refractivity contribution in [3.05, 3.63) is 81.8 Å². The SMILES string of the molecule is CCOC1=C(C#N)Cc2c(n(Cc3ccc(Cl)cc3)c3ccccc23)C(=O)N1. The van der Waals surface area contributed by atoms with Gasteiger partial charge in [0, 0.05) is 28.9 Å². The van der Waals surface area contributed by atoms with Crippen molar-refractivity contribution >= 4 is 28.4 Å². The number of rotatable bonds is 4. The first-order valence-corrected chi connectivity index (χ1v) is 9.42. The molecule has 5 nitrogen and oxygen atoms in total. The van der Waals surface area contributed by atoms with Crippen LogP contribution in [-0.4, -0.2) is 17.1 Å². The number of allylic oxidation sites excluding steroid dienone is 1. The van der Waals surface area contributed by atoms with Crippen molar-refractivity contribution in [1.82, 2.24) is 9.88 Å². The number of nitrogens with one attached hydrogen (secondary N) is 1. The molecule has 2 heterocycles. The van der Waals surface area contributed by atoms with Crippen LogP contribution in [0.1, 0.15) is 28.5 Å². The van der Waals surface area contributed by atoms with Gasteiger partial charge >= 0.3 is 0 Å². The molecule has 4 rings (SSSR count). The molecule has 28 heavy (non-hydrogen) atoms. The van der Waals surface area contributed by atoms with Crippen LogP contribution in [-0.2, 0) is 17.7 Å². The van der Waals surface area contributed by atoms with E-state index in [9.17, 15) is 10.1 Å². The average Bonchev–Trinajstić information content (AvgIpc) is 2.92. The molecule has 0 atom stereocenters. The molecule has 0 unspecified atom stereocenters. The standard InChI is InChI=1S/C22H18ClN3O2/c1-2-28-22-15(12-24)11-18-17-5-3-4-6-19(17)26(20(18)21(27)25-22)13-14-7-9-16(23)10-8-14/h3-10H,2,11,13H2,1H3,(H,25,27). The zero-order chi connectivity index (χ0) is 19.7. The first-order valence-electron chi connectivity index (χ1n) is 9.04. The summed E-state index contributed by atoms with van der Waals surface area (Å²) in [6, 6.07) is 17.6. The molecular formula is C22H18ClN3O2. The molecule has 2 aromatic carbocycles. The van der Waals surface area contributed by atoms with Crippen LogP contribution >= 0.6 is 11.6 Å². The maximum Gasteiger partial charge on any atom is 0.274 e. The van der Waals surface area contributed by atoms with E-state index in [2.05, 4.69) is 11.4 Å². The number of aromatic nitrogens is 1. The van der Waals surface area contributed by atoms with Gasteiger partial charge in [-0.2, -0.15) is 5.26 Å². The Morgan fingerprint density at radius 3 is 2.68 bits per heavy atom. The van der Waals surface area contributed by atoms with Gasteiger partial charge in [0.2, 0.25) is 5.88 Å². The normalized spacial score (nSPS) is 13.7. The summed E-state index contributed by atoms with van der Waals surface area (Å²) in [6.45, 7) is 2.71. The van der Waals surface area contributed by atoms with Crippen LogP contribution in [0, 0.1) is 11.3 Å². The van der Waals surface area contributed by atoms with Crippen LogP contribution in [0.5, 0.6) is 0 Å². The number of carbonyl (C=O) groups is 1. The van der Waals surface area contributed by atoms with Gasteiger partial charge in [-0.1, -0.05) is 41.9 Å². The molecule has 0 spiro atoms. The lowest BCUT2D eigenvalue weighted by atomic mass is 10.0. The zero-order valence-corrected chi connectivity index (χ0v) is 16.1. The number of ether oxygens (including phenoxy) is 1. The number of fused-ring (bicyclic) bond motifs is 3. The minimum Gasteiger partial charge on any atom is -0.478 e. The number of halogens is 1. The Balaban J connectivity index is 1.89. The molecule has 1 amide bonds. The molecule has 1 N–H and O–H groups in total. The molecule has 1 aliphatic rings. The largest absolute Gasteiger partial charge is 0.478 e. The fourth-order valence-electron chi connectivity index (χ4n) is 3.60. The fraction of sp³-hybridized carbons (Fsp3) is 0.182. The molecular weight excluding hydrogens is 374 g/mol. The van der Waals surface area contributed by atoms with E-state index in [1.54, 1.807) is 0 Å². The molecule has 1 aromatic heterocycles. The van der Waals surface area contributed by atoms with Crippen molar-refractivity contribution in [2.75, 3.05) is 6.61 Å². The van der Waals surface area contributed by atoms with Crippen molar-refractivity contribution in [3.63, 3.8) is 0 Å². The summed E-state index contributed by atoms with van der Waals surface area (Å²) in [5.41, 5.74) is 3.80. The van der Waals surface area contributed by atoms with E-state index in [4.69, 9.17) is 16.3 Å². The molecule has 1 aliphatic heterocycles. The number of hydrogen-bond donors (Lipinski definition) is 1. The molecule has 0 saturated heterocycles. The van der Waals surface area contributed by atoms with Crippen LogP contribution in [0.3, 0.4) is 0 Å². The third-order valence-electron chi connectivity index (χ3n) is 4.82. The highest BCUT2D eigenvalue weighted by molar-refractivity contribution is 6.30. The molecule has 6 heteroatoms. The summed E-state index contributed by atoms with van der Waals surface area (Å²) in [6.07, 6.45) is 0.341. The maximum absolute atomic E-state index is 13.1. The Morgan fingerprint density at radius 2 is 1.96 bits per heavy atom. The third-order valence-corrected chi connectivity index (χ3v) is 5.08. The number of benzene rings is 2. The second-order valence-corrected chi connectivity index (χ2v) is 6.98. The highest BCUT2D eigenvalue weighted by Gasteiger charge is 2.29. The van der Waals surface area contributed by atoms with Crippen molar-refractivity contribution in [1.29, 1.82) is 5.26 Å². The van der Waals surface area contributed by atoms with Crippen LogP contribution < -0.4 is 5.32 Å². The van der Waals surface area contributed by atoms with E-state index < -0.39 is 0 Å². The number of para-hydroxylation sites is 1. The minimum atomic E-state index is -0.270. The second kappa shape index (κ2) is 7.41.